The van der Waals surface area contributed by atoms with Crippen molar-refractivity contribution < 1.29 is 32.3 Å². The van der Waals surface area contributed by atoms with Crippen LogP contribution in [0.3, 0.4) is 0 Å². The van der Waals surface area contributed by atoms with Crippen molar-refractivity contribution in [2.24, 2.45) is 0 Å². The van der Waals surface area contributed by atoms with Gasteiger partial charge in [0.05, 0.1) is 6.42 Å². The van der Waals surface area contributed by atoms with Gasteiger partial charge in [0.25, 0.3) is 5.91 Å². The van der Waals surface area contributed by atoms with Gasteiger partial charge in [-0.2, -0.15) is 13.2 Å². The average molecular weight is 439 g/mol. The van der Waals surface area contributed by atoms with Crippen molar-refractivity contribution in [3.63, 3.8) is 0 Å². The molecule has 0 saturated carbocycles. The van der Waals surface area contributed by atoms with Gasteiger partial charge in [0, 0.05) is 31.6 Å². The van der Waals surface area contributed by atoms with E-state index >= 15 is 0 Å². The average Bonchev–Trinajstić information content (AvgIpc) is 3.02. The molecule has 2 unspecified atom stereocenters. The fraction of sp³-hybridized carbons (Fsp3) is 0.571. The molecule has 2 fully saturated rings. The second kappa shape index (κ2) is 8.49. The van der Waals surface area contributed by atoms with Gasteiger partial charge in [0.2, 0.25) is 11.8 Å². The summed E-state index contributed by atoms with van der Waals surface area (Å²) in [4.78, 5) is 39.5. The van der Waals surface area contributed by atoms with Gasteiger partial charge in [-0.1, -0.05) is 0 Å². The Morgan fingerprint density at radius 2 is 1.97 bits per heavy atom. The van der Waals surface area contributed by atoms with Gasteiger partial charge in [-0.15, -0.1) is 0 Å². The molecule has 0 radical (unpaired) electrons. The van der Waals surface area contributed by atoms with Crippen LogP contribution in [0.1, 0.15) is 48.0 Å². The molecule has 1 aromatic carbocycles. The van der Waals surface area contributed by atoms with Gasteiger partial charge in [0.15, 0.2) is 0 Å². The molecule has 168 valence electrons. The highest BCUT2D eigenvalue weighted by Crippen LogP contribution is 2.31. The lowest BCUT2D eigenvalue weighted by atomic mass is 10.0. The van der Waals surface area contributed by atoms with Crippen molar-refractivity contribution in [1.29, 1.82) is 0 Å². The summed E-state index contributed by atoms with van der Waals surface area (Å²) < 4.78 is 43.5. The number of hydrogen-bond donors (Lipinski definition) is 1. The van der Waals surface area contributed by atoms with Crippen LogP contribution in [0, 0.1) is 0 Å². The molecule has 1 aromatic rings. The molecular formula is C21H24F3N3O4. The highest BCUT2D eigenvalue weighted by Gasteiger charge is 2.39. The quantitative estimate of drug-likeness (QED) is 0.712. The van der Waals surface area contributed by atoms with Gasteiger partial charge in [0.1, 0.15) is 17.9 Å². The Labute approximate surface area is 177 Å². The first-order valence-electron chi connectivity index (χ1n) is 10.4. The first-order valence-corrected chi connectivity index (χ1v) is 10.4. The molecule has 7 nitrogen and oxygen atoms in total. The van der Waals surface area contributed by atoms with E-state index in [1.807, 2.05) is 0 Å². The molecule has 0 bridgehead atoms. The summed E-state index contributed by atoms with van der Waals surface area (Å²) in [5.41, 5.74) is 1.23. The lowest BCUT2D eigenvalue weighted by Gasteiger charge is -2.33. The predicted octanol–water partition coefficient (Wildman–Crippen LogP) is 2.24. The number of fused-ring (bicyclic) bond motifs is 1. The zero-order valence-corrected chi connectivity index (χ0v) is 16.9. The van der Waals surface area contributed by atoms with Crippen molar-refractivity contribution in [1.82, 2.24) is 15.1 Å². The highest BCUT2D eigenvalue weighted by molar-refractivity contribution is 6.05. The van der Waals surface area contributed by atoms with Crippen LogP contribution >= 0.6 is 0 Å². The molecule has 3 heterocycles. The van der Waals surface area contributed by atoms with Crippen LogP contribution in [-0.4, -0.2) is 65.5 Å². The fourth-order valence-corrected chi connectivity index (χ4v) is 4.41. The summed E-state index contributed by atoms with van der Waals surface area (Å²) >= 11 is 0. The van der Waals surface area contributed by atoms with Crippen LogP contribution in [0.4, 0.5) is 13.2 Å². The number of halogens is 3. The molecule has 3 amide bonds. The number of likely N-dealkylation sites (tertiary alicyclic amines) is 1. The van der Waals surface area contributed by atoms with E-state index in [4.69, 9.17) is 4.74 Å². The van der Waals surface area contributed by atoms with E-state index < -0.39 is 24.5 Å². The number of ether oxygens (including phenoxy) is 1. The number of nitrogens with one attached hydrogen (secondary N) is 1. The van der Waals surface area contributed by atoms with Crippen LogP contribution in [0.25, 0.3) is 0 Å². The summed E-state index contributed by atoms with van der Waals surface area (Å²) in [6.07, 6.45) is -3.23. The number of imide groups is 1. The third kappa shape index (κ3) is 5.00. The molecule has 0 spiro atoms. The van der Waals surface area contributed by atoms with Crippen LogP contribution < -0.4 is 10.1 Å². The molecule has 31 heavy (non-hydrogen) atoms. The minimum Gasteiger partial charge on any atom is -0.489 e. The van der Waals surface area contributed by atoms with Gasteiger partial charge in [-0.05, 0) is 49.6 Å². The first kappa shape index (κ1) is 21.6. The van der Waals surface area contributed by atoms with E-state index in [-0.39, 0.29) is 37.4 Å². The number of hydrogen-bond acceptors (Lipinski definition) is 5. The fourth-order valence-electron chi connectivity index (χ4n) is 4.41. The summed E-state index contributed by atoms with van der Waals surface area (Å²) in [5, 5.41) is 2.27. The maximum Gasteiger partial charge on any atom is 0.390 e. The van der Waals surface area contributed by atoms with Crippen LogP contribution in [0.2, 0.25) is 0 Å². The largest absolute Gasteiger partial charge is 0.489 e. The van der Waals surface area contributed by atoms with Crippen LogP contribution in [-0.2, 0) is 16.1 Å². The molecule has 2 atom stereocenters. The van der Waals surface area contributed by atoms with E-state index in [9.17, 15) is 27.6 Å². The molecule has 2 saturated heterocycles. The Kier molecular flexibility index (Phi) is 5.92. The Balaban J connectivity index is 1.38. The molecule has 10 heteroatoms. The predicted molar refractivity (Wildman–Crippen MR) is 103 cm³/mol. The van der Waals surface area contributed by atoms with Gasteiger partial charge < -0.3 is 9.64 Å². The lowest BCUT2D eigenvalue weighted by Crippen LogP contribution is -2.52. The number of benzene rings is 1. The second-order valence-electron chi connectivity index (χ2n) is 8.27. The van der Waals surface area contributed by atoms with Gasteiger partial charge in [-0.3, -0.25) is 24.6 Å². The van der Waals surface area contributed by atoms with Crippen molar-refractivity contribution in [3.8, 4) is 5.75 Å². The van der Waals surface area contributed by atoms with Crippen molar-refractivity contribution in [3.05, 3.63) is 29.3 Å². The minimum atomic E-state index is -4.17. The van der Waals surface area contributed by atoms with Crippen LogP contribution in [0.15, 0.2) is 18.2 Å². The van der Waals surface area contributed by atoms with E-state index in [1.54, 1.807) is 23.1 Å². The molecule has 0 aromatic heterocycles. The monoisotopic (exact) mass is 439 g/mol. The van der Waals surface area contributed by atoms with E-state index in [1.165, 1.54) is 4.90 Å². The number of nitrogens with zero attached hydrogens (tertiary/aromatic N) is 2. The summed E-state index contributed by atoms with van der Waals surface area (Å²) in [7, 11) is 0. The van der Waals surface area contributed by atoms with Crippen LogP contribution in [0.5, 0.6) is 5.75 Å². The zero-order valence-electron chi connectivity index (χ0n) is 16.9. The highest BCUT2D eigenvalue weighted by atomic mass is 19.4. The van der Waals surface area contributed by atoms with Gasteiger partial charge in [-0.25, -0.2) is 0 Å². The summed E-state index contributed by atoms with van der Waals surface area (Å²) in [5.74, 6) is -0.501. The van der Waals surface area contributed by atoms with E-state index in [2.05, 4.69) is 5.32 Å². The second-order valence-corrected chi connectivity index (χ2v) is 8.27. The molecule has 3 aliphatic rings. The third-order valence-corrected chi connectivity index (χ3v) is 5.97. The maximum absolute atomic E-state index is 12.7. The SMILES string of the molecule is O=C1CCC(N2Cc3cc(OC4CCCN(CCC(F)(F)F)C4)ccc3C2=O)C(=O)N1. The smallest absolute Gasteiger partial charge is 0.390 e. The number of carbonyl (C=O) groups excluding carboxylic acids is 3. The zero-order chi connectivity index (χ0) is 22.2. The van der Waals surface area contributed by atoms with E-state index in [0.717, 1.165) is 18.4 Å². The van der Waals surface area contributed by atoms with Gasteiger partial charge >= 0.3 is 6.18 Å². The molecule has 3 aliphatic heterocycles. The van der Waals surface area contributed by atoms with Crippen molar-refractivity contribution in [2.45, 2.75) is 57.0 Å². The first-order chi connectivity index (χ1) is 14.7. The Bertz CT molecular complexity index is 889. The van der Waals surface area contributed by atoms with Crippen molar-refractivity contribution in [2.75, 3.05) is 19.6 Å². The van der Waals surface area contributed by atoms with E-state index in [0.29, 0.717) is 30.8 Å². The Morgan fingerprint density at radius 3 is 2.71 bits per heavy atom. The molecule has 1 N–H and O–H groups in total. The molecule has 4 rings (SSSR count). The number of carbonyl (C=O) groups is 3. The molecular weight excluding hydrogens is 415 g/mol. The number of rotatable bonds is 5. The maximum atomic E-state index is 12.7. The Hall–Kier alpha value is -2.62. The van der Waals surface area contributed by atoms with Crippen molar-refractivity contribution >= 4 is 17.7 Å². The molecule has 0 aliphatic carbocycles. The number of amides is 3. The lowest BCUT2D eigenvalue weighted by molar-refractivity contribution is -0.139. The standard InChI is InChI=1S/C21H24F3N3O4/c22-21(23,24)7-9-26-8-1-2-15(12-26)31-14-3-4-16-13(10-14)11-27(20(16)30)17-5-6-18(28)25-19(17)29/h3-4,10,15,17H,1-2,5-9,11-12H2,(H,25,28,29). The minimum absolute atomic E-state index is 0.0387. The normalized spacial score (nSPS) is 24.9. The summed E-state index contributed by atoms with van der Waals surface area (Å²) in [6, 6.07) is 4.42. The summed E-state index contributed by atoms with van der Waals surface area (Å²) in [6.45, 7) is 1.26. The number of piperidine rings is 2. The third-order valence-electron chi connectivity index (χ3n) is 5.97. The topological polar surface area (TPSA) is 79.0 Å². The Morgan fingerprint density at radius 1 is 1.16 bits per heavy atom. The number of alkyl halides is 3.